The lowest BCUT2D eigenvalue weighted by molar-refractivity contribution is 0.0920. The third kappa shape index (κ3) is 4.73. The van der Waals surface area contributed by atoms with Gasteiger partial charge in [0.1, 0.15) is 0 Å². The van der Waals surface area contributed by atoms with Gasteiger partial charge in [0.2, 0.25) is 0 Å². The van der Waals surface area contributed by atoms with E-state index in [9.17, 15) is 5.11 Å². The standard InChI is InChI=1S/C16H32N2O/c1-2-9-17-16-8-4-3-7-15(16)12-18-10-5-6-14(11-18)13-19/h14-17,19H,2-13H2,1H3. The van der Waals surface area contributed by atoms with Crippen molar-refractivity contribution in [2.45, 2.75) is 57.9 Å². The zero-order chi connectivity index (χ0) is 13.5. The normalized spacial score (nSPS) is 33.5. The lowest BCUT2D eigenvalue weighted by Gasteiger charge is -2.39. The summed E-state index contributed by atoms with van der Waals surface area (Å²) in [5.74, 6) is 1.36. The van der Waals surface area contributed by atoms with Gasteiger partial charge >= 0.3 is 0 Å². The number of rotatable bonds is 6. The number of hydrogen-bond acceptors (Lipinski definition) is 3. The first-order chi connectivity index (χ1) is 9.33. The molecule has 2 fully saturated rings. The number of piperidine rings is 1. The molecule has 2 aliphatic rings. The van der Waals surface area contributed by atoms with E-state index in [0.29, 0.717) is 12.5 Å². The maximum absolute atomic E-state index is 9.34. The van der Waals surface area contributed by atoms with Crippen molar-refractivity contribution in [3.63, 3.8) is 0 Å². The van der Waals surface area contributed by atoms with Crippen LogP contribution in [0.1, 0.15) is 51.9 Å². The molecule has 1 heterocycles. The van der Waals surface area contributed by atoms with Crippen LogP contribution >= 0.6 is 0 Å². The van der Waals surface area contributed by atoms with E-state index in [2.05, 4.69) is 17.1 Å². The van der Waals surface area contributed by atoms with E-state index in [4.69, 9.17) is 0 Å². The summed E-state index contributed by atoms with van der Waals surface area (Å²) in [4.78, 5) is 2.61. The van der Waals surface area contributed by atoms with Crippen molar-refractivity contribution in [2.24, 2.45) is 11.8 Å². The molecule has 0 amide bonds. The summed E-state index contributed by atoms with van der Waals surface area (Å²) in [6.07, 6.45) is 9.28. The molecule has 2 rings (SSSR count). The highest BCUT2D eigenvalue weighted by molar-refractivity contribution is 4.84. The Balaban J connectivity index is 1.80. The quantitative estimate of drug-likeness (QED) is 0.775. The Morgan fingerprint density at radius 2 is 2.00 bits per heavy atom. The Morgan fingerprint density at radius 1 is 1.16 bits per heavy atom. The van der Waals surface area contributed by atoms with Gasteiger partial charge in [-0.05, 0) is 57.0 Å². The topological polar surface area (TPSA) is 35.5 Å². The van der Waals surface area contributed by atoms with Gasteiger partial charge in [0.05, 0.1) is 0 Å². The second-order valence-corrected chi connectivity index (χ2v) is 6.56. The molecule has 3 heteroatoms. The fourth-order valence-corrected chi connectivity index (χ4v) is 3.82. The minimum absolute atomic E-state index is 0.374. The van der Waals surface area contributed by atoms with Crippen molar-refractivity contribution in [2.75, 3.05) is 32.8 Å². The van der Waals surface area contributed by atoms with Crippen LogP contribution in [0.3, 0.4) is 0 Å². The minimum Gasteiger partial charge on any atom is -0.396 e. The first-order valence-corrected chi connectivity index (χ1v) is 8.40. The predicted molar refractivity (Wildman–Crippen MR) is 80.3 cm³/mol. The molecule has 0 radical (unpaired) electrons. The van der Waals surface area contributed by atoms with Crippen LogP contribution in [0.4, 0.5) is 0 Å². The smallest absolute Gasteiger partial charge is 0.0471 e. The summed E-state index contributed by atoms with van der Waals surface area (Å²) in [5.41, 5.74) is 0. The number of likely N-dealkylation sites (tertiary alicyclic amines) is 1. The number of aliphatic hydroxyl groups is 1. The number of hydrogen-bond donors (Lipinski definition) is 2. The summed E-state index contributed by atoms with van der Waals surface area (Å²) < 4.78 is 0. The molecule has 0 bridgehead atoms. The van der Waals surface area contributed by atoms with E-state index >= 15 is 0 Å². The van der Waals surface area contributed by atoms with Crippen LogP contribution in [0, 0.1) is 11.8 Å². The Bertz CT molecular complexity index is 247. The summed E-state index contributed by atoms with van der Waals surface area (Å²) >= 11 is 0. The first kappa shape index (κ1) is 15.3. The Kier molecular flexibility index (Phi) is 6.62. The van der Waals surface area contributed by atoms with Crippen molar-refractivity contribution < 1.29 is 5.11 Å². The molecule has 0 aromatic heterocycles. The van der Waals surface area contributed by atoms with Gasteiger partial charge in [-0.2, -0.15) is 0 Å². The molecule has 19 heavy (non-hydrogen) atoms. The molecule has 1 saturated heterocycles. The van der Waals surface area contributed by atoms with Crippen LogP contribution in [-0.4, -0.2) is 48.8 Å². The van der Waals surface area contributed by atoms with Crippen LogP contribution in [0.25, 0.3) is 0 Å². The fourth-order valence-electron chi connectivity index (χ4n) is 3.82. The maximum Gasteiger partial charge on any atom is 0.0471 e. The molecule has 3 unspecified atom stereocenters. The van der Waals surface area contributed by atoms with Gasteiger partial charge in [-0.3, -0.25) is 0 Å². The Labute approximate surface area is 118 Å². The van der Waals surface area contributed by atoms with Crippen molar-refractivity contribution in [1.82, 2.24) is 10.2 Å². The molecular weight excluding hydrogens is 236 g/mol. The lowest BCUT2D eigenvalue weighted by atomic mass is 9.83. The Morgan fingerprint density at radius 3 is 2.79 bits per heavy atom. The average Bonchev–Trinajstić information content (AvgIpc) is 2.46. The third-order valence-corrected chi connectivity index (χ3v) is 4.92. The summed E-state index contributed by atoms with van der Waals surface area (Å²) in [6, 6.07) is 0.739. The SMILES string of the molecule is CCCNC1CCCCC1CN1CCCC(CO)C1. The largest absolute Gasteiger partial charge is 0.396 e. The molecule has 3 atom stereocenters. The summed E-state index contributed by atoms with van der Waals surface area (Å²) in [6.45, 7) is 7.40. The second kappa shape index (κ2) is 8.23. The Hall–Kier alpha value is -0.120. The molecule has 112 valence electrons. The van der Waals surface area contributed by atoms with Crippen LogP contribution in [0.15, 0.2) is 0 Å². The molecule has 0 spiro atoms. The zero-order valence-corrected chi connectivity index (χ0v) is 12.6. The second-order valence-electron chi connectivity index (χ2n) is 6.56. The van der Waals surface area contributed by atoms with E-state index in [1.165, 1.54) is 64.6 Å². The highest BCUT2D eigenvalue weighted by Gasteiger charge is 2.28. The van der Waals surface area contributed by atoms with Crippen molar-refractivity contribution >= 4 is 0 Å². The van der Waals surface area contributed by atoms with E-state index in [-0.39, 0.29) is 0 Å². The van der Waals surface area contributed by atoms with Gasteiger partial charge in [0, 0.05) is 25.7 Å². The van der Waals surface area contributed by atoms with Crippen molar-refractivity contribution in [3.8, 4) is 0 Å². The summed E-state index contributed by atoms with van der Waals surface area (Å²) in [7, 11) is 0. The molecular formula is C16H32N2O. The van der Waals surface area contributed by atoms with Crippen LogP contribution in [0.2, 0.25) is 0 Å². The molecule has 0 aromatic rings. The predicted octanol–water partition coefficient (Wildman–Crippen LogP) is 2.25. The van der Waals surface area contributed by atoms with E-state index in [1.807, 2.05) is 0 Å². The maximum atomic E-state index is 9.34. The highest BCUT2D eigenvalue weighted by Crippen LogP contribution is 2.27. The summed E-state index contributed by atoms with van der Waals surface area (Å²) in [5, 5.41) is 13.1. The molecule has 2 N–H and O–H groups in total. The zero-order valence-electron chi connectivity index (χ0n) is 12.6. The fraction of sp³-hybridized carbons (Fsp3) is 1.00. The van der Waals surface area contributed by atoms with E-state index in [0.717, 1.165) is 18.5 Å². The molecule has 3 nitrogen and oxygen atoms in total. The number of aliphatic hydroxyl groups excluding tert-OH is 1. The highest BCUT2D eigenvalue weighted by atomic mass is 16.3. The van der Waals surface area contributed by atoms with Gasteiger partial charge < -0.3 is 15.3 Å². The van der Waals surface area contributed by atoms with Gasteiger partial charge in [-0.15, -0.1) is 0 Å². The van der Waals surface area contributed by atoms with Crippen molar-refractivity contribution in [3.05, 3.63) is 0 Å². The average molecular weight is 268 g/mol. The van der Waals surface area contributed by atoms with Gasteiger partial charge in [-0.1, -0.05) is 19.8 Å². The van der Waals surface area contributed by atoms with Crippen molar-refractivity contribution in [1.29, 1.82) is 0 Å². The van der Waals surface area contributed by atoms with Crippen LogP contribution in [0.5, 0.6) is 0 Å². The molecule has 1 aliphatic heterocycles. The molecule has 1 saturated carbocycles. The van der Waals surface area contributed by atoms with E-state index < -0.39 is 0 Å². The van der Waals surface area contributed by atoms with Crippen LogP contribution in [-0.2, 0) is 0 Å². The first-order valence-electron chi connectivity index (χ1n) is 8.40. The molecule has 1 aliphatic carbocycles. The monoisotopic (exact) mass is 268 g/mol. The van der Waals surface area contributed by atoms with Gasteiger partial charge in [-0.25, -0.2) is 0 Å². The minimum atomic E-state index is 0.374. The van der Waals surface area contributed by atoms with E-state index in [1.54, 1.807) is 0 Å². The van der Waals surface area contributed by atoms with Gasteiger partial charge in [0.25, 0.3) is 0 Å². The third-order valence-electron chi connectivity index (χ3n) is 4.92. The number of nitrogens with one attached hydrogen (secondary N) is 1. The number of nitrogens with zero attached hydrogens (tertiary/aromatic N) is 1. The molecule has 0 aromatic carbocycles. The van der Waals surface area contributed by atoms with Crippen LogP contribution < -0.4 is 5.32 Å². The van der Waals surface area contributed by atoms with Gasteiger partial charge in [0.15, 0.2) is 0 Å². The lowest BCUT2D eigenvalue weighted by Crippen LogP contribution is -2.47.